The predicted octanol–water partition coefficient (Wildman–Crippen LogP) is 4.10. The molecule has 0 N–H and O–H groups in total. The zero-order valence-corrected chi connectivity index (χ0v) is 20.4. The molecular formula is C23H36ClN3O3S. The maximum absolute atomic E-state index is 13.2. The number of halogens is 1. The van der Waals surface area contributed by atoms with Crippen LogP contribution in [-0.2, 0) is 10.0 Å². The van der Waals surface area contributed by atoms with Gasteiger partial charge in [-0.2, -0.15) is 4.31 Å². The van der Waals surface area contributed by atoms with E-state index in [1.165, 1.54) is 48.5 Å². The Morgan fingerprint density at radius 3 is 2.42 bits per heavy atom. The van der Waals surface area contributed by atoms with Gasteiger partial charge < -0.3 is 9.80 Å². The van der Waals surface area contributed by atoms with E-state index in [2.05, 4.69) is 4.90 Å². The van der Waals surface area contributed by atoms with Crippen molar-refractivity contribution in [1.82, 2.24) is 14.1 Å². The Hall–Kier alpha value is -1.15. The Balaban J connectivity index is 1.70. The Kier molecular flexibility index (Phi) is 8.79. The molecule has 0 spiro atoms. The van der Waals surface area contributed by atoms with Crippen molar-refractivity contribution in [2.75, 3.05) is 45.8 Å². The zero-order chi connectivity index (χ0) is 22.4. The van der Waals surface area contributed by atoms with Crippen LogP contribution in [0.5, 0.6) is 0 Å². The summed E-state index contributed by atoms with van der Waals surface area (Å²) in [5.74, 6) is 0.673. The summed E-state index contributed by atoms with van der Waals surface area (Å²) in [6.45, 7) is 8.69. The molecule has 1 amide bonds. The molecule has 174 valence electrons. The lowest BCUT2D eigenvalue weighted by Crippen LogP contribution is -2.37. The number of amides is 1. The number of hydrogen-bond acceptors (Lipinski definition) is 4. The first-order chi connectivity index (χ1) is 14.9. The summed E-state index contributed by atoms with van der Waals surface area (Å²) in [7, 11) is -3.73. The number of sulfonamides is 1. The molecule has 1 aliphatic carbocycles. The van der Waals surface area contributed by atoms with E-state index in [0.29, 0.717) is 31.7 Å². The summed E-state index contributed by atoms with van der Waals surface area (Å²) in [4.78, 5) is 17.6. The van der Waals surface area contributed by atoms with E-state index in [9.17, 15) is 13.2 Å². The molecule has 1 aliphatic heterocycles. The Morgan fingerprint density at radius 1 is 1.03 bits per heavy atom. The summed E-state index contributed by atoms with van der Waals surface area (Å²) >= 11 is 6.23. The average molecular weight is 470 g/mol. The van der Waals surface area contributed by atoms with Crippen molar-refractivity contribution in [3.05, 3.63) is 28.8 Å². The number of carbonyl (C=O) groups is 1. The molecule has 3 rings (SSSR count). The van der Waals surface area contributed by atoms with Crippen LogP contribution < -0.4 is 0 Å². The van der Waals surface area contributed by atoms with Gasteiger partial charge in [-0.25, -0.2) is 8.42 Å². The van der Waals surface area contributed by atoms with Crippen LogP contribution in [0.15, 0.2) is 23.1 Å². The lowest BCUT2D eigenvalue weighted by atomic mass is 9.89. The molecule has 0 unspecified atom stereocenters. The topological polar surface area (TPSA) is 60.9 Å². The molecule has 0 aromatic heterocycles. The number of rotatable bonds is 7. The summed E-state index contributed by atoms with van der Waals surface area (Å²) in [6, 6.07) is 4.61. The lowest BCUT2D eigenvalue weighted by molar-refractivity contribution is 0.0759. The smallest absolute Gasteiger partial charge is 0.253 e. The molecule has 1 heterocycles. The van der Waals surface area contributed by atoms with Crippen molar-refractivity contribution in [3.8, 4) is 0 Å². The van der Waals surface area contributed by atoms with Gasteiger partial charge in [-0.1, -0.05) is 44.7 Å². The fourth-order valence-corrected chi connectivity index (χ4v) is 6.77. The molecular weight excluding hydrogens is 434 g/mol. The maximum atomic E-state index is 13.2. The summed E-state index contributed by atoms with van der Waals surface area (Å²) in [5, 5.41) is 0.151. The minimum atomic E-state index is -3.73. The Bertz CT molecular complexity index is 852. The van der Waals surface area contributed by atoms with Crippen LogP contribution in [-0.4, -0.2) is 74.2 Å². The first kappa shape index (κ1) is 24.5. The quantitative estimate of drug-likeness (QED) is 0.603. The Labute approximate surface area is 192 Å². The highest BCUT2D eigenvalue weighted by Crippen LogP contribution is 2.27. The van der Waals surface area contributed by atoms with Crippen molar-refractivity contribution in [3.63, 3.8) is 0 Å². The van der Waals surface area contributed by atoms with Gasteiger partial charge in [0.25, 0.3) is 5.91 Å². The van der Waals surface area contributed by atoms with E-state index >= 15 is 0 Å². The van der Waals surface area contributed by atoms with Crippen LogP contribution in [0.25, 0.3) is 0 Å². The number of hydrogen-bond donors (Lipinski definition) is 0. The molecule has 1 aromatic carbocycles. The van der Waals surface area contributed by atoms with Gasteiger partial charge in [-0.05, 0) is 49.9 Å². The van der Waals surface area contributed by atoms with Gasteiger partial charge in [0.2, 0.25) is 10.0 Å². The molecule has 1 saturated carbocycles. The zero-order valence-electron chi connectivity index (χ0n) is 18.9. The highest BCUT2D eigenvalue weighted by Gasteiger charge is 2.27. The molecule has 0 bridgehead atoms. The van der Waals surface area contributed by atoms with Crippen LogP contribution in [0.3, 0.4) is 0 Å². The van der Waals surface area contributed by atoms with E-state index in [1.54, 1.807) is 19.9 Å². The van der Waals surface area contributed by atoms with E-state index in [1.807, 2.05) is 4.90 Å². The molecule has 1 saturated heterocycles. The summed E-state index contributed by atoms with van der Waals surface area (Å²) < 4.78 is 27.3. The highest BCUT2D eigenvalue weighted by atomic mass is 35.5. The molecule has 31 heavy (non-hydrogen) atoms. The van der Waals surface area contributed by atoms with Gasteiger partial charge in [-0.15, -0.1) is 0 Å². The molecule has 0 atom stereocenters. The fourth-order valence-electron chi connectivity index (χ4n) is 4.81. The highest BCUT2D eigenvalue weighted by molar-refractivity contribution is 7.89. The van der Waals surface area contributed by atoms with Crippen molar-refractivity contribution in [1.29, 1.82) is 0 Å². The molecule has 1 aromatic rings. The van der Waals surface area contributed by atoms with Crippen molar-refractivity contribution >= 4 is 27.5 Å². The first-order valence-corrected chi connectivity index (χ1v) is 13.5. The number of nitrogens with zero attached hydrogens (tertiary/aromatic N) is 3. The number of benzene rings is 1. The third-order valence-electron chi connectivity index (χ3n) is 6.62. The second-order valence-electron chi connectivity index (χ2n) is 8.68. The standard InChI is InChI=1S/C23H36ClN3O3S/c1-3-27(4-2)31(29,30)22-17-20(11-12-21(22)24)23(28)26-14-8-13-25(15-16-26)18-19-9-6-5-7-10-19/h11-12,17,19H,3-10,13-16,18H2,1-2H3. The van der Waals surface area contributed by atoms with Crippen LogP contribution >= 0.6 is 11.6 Å². The summed E-state index contributed by atoms with van der Waals surface area (Å²) in [5.41, 5.74) is 0.385. The van der Waals surface area contributed by atoms with Gasteiger partial charge in [0.05, 0.1) is 5.02 Å². The van der Waals surface area contributed by atoms with Gasteiger partial charge in [0, 0.05) is 44.8 Å². The van der Waals surface area contributed by atoms with Crippen LogP contribution in [0.4, 0.5) is 0 Å². The molecule has 2 fully saturated rings. The van der Waals surface area contributed by atoms with E-state index in [-0.39, 0.29) is 15.8 Å². The van der Waals surface area contributed by atoms with Crippen LogP contribution in [0.2, 0.25) is 5.02 Å². The monoisotopic (exact) mass is 469 g/mol. The van der Waals surface area contributed by atoms with Gasteiger partial charge in [0.1, 0.15) is 4.90 Å². The van der Waals surface area contributed by atoms with Crippen LogP contribution in [0, 0.1) is 5.92 Å². The van der Waals surface area contributed by atoms with E-state index in [0.717, 1.165) is 32.0 Å². The second-order valence-corrected chi connectivity index (χ2v) is 11.0. The van der Waals surface area contributed by atoms with E-state index < -0.39 is 10.0 Å². The minimum Gasteiger partial charge on any atom is -0.337 e. The van der Waals surface area contributed by atoms with Crippen molar-refractivity contribution < 1.29 is 13.2 Å². The SMILES string of the molecule is CCN(CC)S(=O)(=O)c1cc(C(=O)N2CCCN(CC3CCCCC3)CC2)ccc1Cl. The third-order valence-corrected chi connectivity index (χ3v) is 9.15. The largest absolute Gasteiger partial charge is 0.337 e. The van der Waals surface area contributed by atoms with Gasteiger partial charge in [-0.3, -0.25) is 4.79 Å². The fraction of sp³-hybridized carbons (Fsp3) is 0.696. The maximum Gasteiger partial charge on any atom is 0.253 e. The van der Waals surface area contributed by atoms with Crippen molar-refractivity contribution in [2.24, 2.45) is 5.92 Å². The Morgan fingerprint density at radius 2 is 1.74 bits per heavy atom. The summed E-state index contributed by atoms with van der Waals surface area (Å²) in [6.07, 6.45) is 7.65. The first-order valence-electron chi connectivity index (χ1n) is 11.7. The average Bonchev–Trinajstić information content (AvgIpc) is 3.00. The minimum absolute atomic E-state index is 0.0115. The van der Waals surface area contributed by atoms with Crippen molar-refractivity contribution in [2.45, 2.75) is 57.3 Å². The van der Waals surface area contributed by atoms with Gasteiger partial charge >= 0.3 is 0 Å². The molecule has 8 heteroatoms. The normalized spacial score (nSPS) is 19.5. The predicted molar refractivity (Wildman–Crippen MR) is 125 cm³/mol. The third kappa shape index (κ3) is 6.01. The van der Waals surface area contributed by atoms with Gasteiger partial charge in [0.15, 0.2) is 0 Å². The lowest BCUT2D eigenvalue weighted by Gasteiger charge is -2.28. The van der Waals surface area contributed by atoms with E-state index in [4.69, 9.17) is 11.6 Å². The molecule has 6 nitrogen and oxygen atoms in total. The van der Waals surface area contributed by atoms with Crippen LogP contribution in [0.1, 0.15) is 62.7 Å². The molecule has 0 radical (unpaired) electrons. The molecule has 2 aliphatic rings. The second kappa shape index (κ2) is 11.1. The number of carbonyl (C=O) groups excluding carboxylic acids is 1.